The van der Waals surface area contributed by atoms with Crippen molar-refractivity contribution >= 4 is 46.1 Å². The highest BCUT2D eigenvalue weighted by atomic mass is 32.1. The molecule has 2 aromatic rings. The number of benzene rings is 1. The third-order valence-electron chi connectivity index (χ3n) is 7.27. The standard InChI is InChI=1S/C32H41N9O3S/c1-5-7-19-12-13-36-22(14-19)18-41(3)32(45)29-37-16-21(17-38-29)23-8-6-9-24(28(23)44-4)39-25(27(34)31(43)35-2)15-26(33)40-30(42)20-10-11-20/h6,8-9,12-16,20,39H,5,7,10-11,17-18,33-34H2,1-4H3,(H,35,43)(H,37,38)(H,40,42)/b26-15+,27-25+. The molecule has 1 aliphatic heterocycles. The van der Waals surface area contributed by atoms with Gasteiger partial charge in [-0.3, -0.25) is 19.6 Å². The minimum Gasteiger partial charge on any atom is -0.494 e. The highest BCUT2D eigenvalue weighted by Crippen LogP contribution is 2.35. The maximum atomic E-state index is 12.4. The third-order valence-corrected chi connectivity index (χ3v) is 7.78. The van der Waals surface area contributed by atoms with Crippen LogP contribution in [0.4, 0.5) is 5.69 Å². The van der Waals surface area contributed by atoms with Crippen LogP contribution in [-0.2, 0) is 22.6 Å². The first-order chi connectivity index (χ1) is 21.6. The highest BCUT2D eigenvalue weighted by molar-refractivity contribution is 7.82. The van der Waals surface area contributed by atoms with Crippen molar-refractivity contribution in [2.24, 2.45) is 22.4 Å². The first-order valence-corrected chi connectivity index (χ1v) is 15.2. The number of amides is 2. The molecule has 1 aromatic carbocycles. The number of anilines is 1. The molecule has 0 unspecified atom stereocenters. The predicted molar refractivity (Wildman–Crippen MR) is 181 cm³/mol. The van der Waals surface area contributed by atoms with Gasteiger partial charge in [0.2, 0.25) is 5.91 Å². The zero-order valence-corrected chi connectivity index (χ0v) is 26.9. The number of para-hydroxylation sites is 1. The van der Waals surface area contributed by atoms with Crippen LogP contribution in [-0.4, -0.2) is 60.3 Å². The van der Waals surface area contributed by atoms with Crippen molar-refractivity contribution in [3.63, 3.8) is 0 Å². The number of nitrogens with two attached hydrogens (primary N) is 2. The Morgan fingerprint density at radius 2 is 2.02 bits per heavy atom. The number of carbonyl (C=O) groups excluding carboxylic acids is 2. The second-order valence-corrected chi connectivity index (χ2v) is 11.2. The normalized spacial score (nSPS) is 15.1. The Hall–Kier alpha value is -4.91. The van der Waals surface area contributed by atoms with Gasteiger partial charge in [-0.1, -0.05) is 37.7 Å². The Labute approximate surface area is 269 Å². The van der Waals surface area contributed by atoms with Crippen molar-refractivity contribution in [3.8, 4) is 5.75 Å². The predicted octanol–water partition coefficient (Wildman–Crippen LogP) is 2.50. The SMILES string of the molecule is CCCc1ccnc(CN(C)C(=S)C2=NCC(c3cccc(NC(/C=C(\N)NC(=O)C4CC4)=C(/N)C(=O)NC)c3OC)=CN2)c1. The first-order valence-electron chi connectivity index (χ1n) is 14.8. The molecule has 1 aliphatic carbocycles. The van der Waals surface area contributed by atoms with Crippen molar-refractivity contribution in [2.75, 3.05) is 33.1 Å². The molecule has 238 valence electrons. The molecule has 2 heterocycles. The van der Waals surface area contributed by atoms with E-state index < -0.39 is 5.91 Å². The molecule has 4 rings (SSSR count). The Balaban J connectivity index is 1.50. The number of rotatable bonds is 13. The van der Waals surface area contributed by atoms with Gasteiger partial charge < -0.3 is 42.4 Å². The molecule has 0 radical (unpaired) electrons. The number of nitrogens with one attached hydrogen (secondary N) is 4. The van der Waals surface area contributed by atoms with E-state index >= 15 is 0 Å². The fraction of sp³-hybridized carbons (Fsp3) is 0.344. The summed E-state index contributed by atoms with van der Waals surface area (Å²) in [4.78, 5) is 36.4. The minimum absolute atomic E-state index is 0.0414. The van der Waals surface area contributed by atoms with Crippen LogP contribution in [0.15, 0.2) is 71.0 Å². The summed E-state index contributed by atoms with van der Waals surface area (Å²) < 4.78 is 5.81. The van der Waals surface area contributed by atoms with E-state index in [0.717, 1.165) is 42.5 Å². The highest BCUT2D eigenvalue weighted by Gasteiger charge is 2.30. The average molecular weight is 632 g/mol. The molecule has 12 nitrogen and oxygen atoms in total. The molecule has 13 heteroatoms. The molecule has 1 aromatic heterocycles. The van der Waals surface area contributed by atoms with Gasteiger partial charge in [0.1, 0.15) is 22.3 Å². The summed E-state index contributed by atoms with van der Waals surface area (Å²) >= 11 is 5.73. The van der Waals surface area contributed by atoms with Crippen LogP contribution < -0.4 is 37.5 Å². The van der Waals surface area contributed by atoms with Crippen LogP contribution in [0.5, 0.6) is 5.75 Å². The van der Waals surface area contributed by atoms with E-state index in [1.807, 2.05) is 42.5 Å². The molecule has 0 spiro atoms. The molecular formula is C32H41N9O3S. The summed E-state index contributed by atoms with van der Waals surface area (Å²) in [5.74, 6) is 0.422. The van der Waals surface area contributed by atoms with Gasteiger partial charge in [0, 0.05) is 49.6 Å². The number of aryl methyl sites for hydroxylation is 1. The topological polar surface area (TPSA) is 172 Å². The summed E-state index contributed by atoms with van der Waals surface area (Å²) in [6, 6.07) is 9.68. The van der Waals surface area contributed by atoms with E-state index in [9.17, 15) is 9.59 Å². The van der Waals surface area contributed by atoms with Crippen molar-refractivity contribution < 1.29 is 14.3 Å². The molecule has 1 fully saturated rings. The van der Waals surface area contributed by atoms with E-state index in [1.165, 1.54) is 18.7 Å². The van der Waals surface area contributed by atoms with Crippen molar-refractivity contribution in [1.82, 2.24) is 25.8 Å². The smallest absolute Gasteiger partial charge is 0.269 e. The summed E-state index contributed by atoms with van der Waals surface area (Å²) in [6.45, 7) is 3.07. The van der Waals surface area contributed by atoms with Crippen LogP contribution in [0.2, 0.25) is 0 Å². The van der Waals surface area contributed by atoms with Gasteiger partial charge >= 0.3 is 0 Å². The van der Waals surface area contributed by atoms with Gasteiger partial charge in [-0.15, -0.1) is 0 Å². The van der Waals surface area contributed by atoms with Gasteiger partial charge in [0.25, 0.3) is 5.91 Å². The second kappa shape index (κ2) is 15.2. The van der Waals surface area contributed by atoms with Crippen molar-refractivity contribution in [1.29, 1.82) is 0 Å². The number of amidine groups is 1. The Bertz CT molecular complexity index is 1580. The summed E-state index contributed by atoms with van der Waals surface area (Å²) in [6.07, 6.45) is 8.84. The van der Waals surface area contributed by atoms with Gasteiger partial charge in [-0.25, -0.2) is 0 Å². The third kappa shape index (κ3) is 8.60. The molecule has 2 amide bonds. The maximum absolute atomic E-state index is 12.4. The number of allylic oxidation sites excluding steroid dienone is 1. The number of likely N-dealkylation sites (N-methyl/N-ethyl adjacent to an activating group) is 2. The van der Waals surface area contributed by atoms with E-state index in [1.54, 1.807) is 13.2 Å². The molecule has 1 saturated carbocycles. The fourth-order valence-corrected chi connectivity index (χ4v) is 4.92. The van der Waals surface area contributed by atoms with Crippen LogP contribution in [0, 0.1) is 5.92 Å². The summed E-state index contributed by atoms with van der Waals surface area (Å²) in [5.41, 5.74) is 16.7. The molecule has 0 bridgehead atoms. The van der Waals surface area contributed by atoms with E-state index in [0.29, 0.717) is 35.4 Å². The number of pyridine rings is 1. The van der Waals surface area contributed by atoms with Crippen LogP contribution in [0.3, 0.4) is 0 Å². The number of aliphatic imine (C=N–C) groups is 1. The molecule has 8 N–H and O–H groups in total. The van der Waals surface area contributed by atoms with Crippen molar-refractivity contribution in [2.45, 2.75) is 39.2 Å². The molecule has 0 atom stereocenters. The Kier molecular flexibility index (Phi) is 11.1. The average Bonchev–Trinajstić information content (AvgIpc) is 3.90. The molecule has 45 heavy (non-hydrogen) atoms. The maximum Gasteiger partial charge on any atom is 0.269 e. The summed E-state index contributed by atoms with van der Waals surface area (Å²) in [7, 11) is 4.94. The molecular weight excluding hydrogens is 590 g/mol. The van der Waals surface area contributed by atoms with Crippen LogP contribution in [0.1, 0.15) is 43.0 Å². The van der Waals surface area contributed by atoms with E-state index in [2.05, 4.69) is 39.2 Å². The lowest BCUT2D eigenvalue weighted by atomic mass is 10.0. The zero-order valence-electron chi connectivity index (χ0n) is 26.1. The van der Waals surface area contributed by atoms with Crippen molar-refractivity contribution in [3.05, 3.63) is 82.8 Å². The number of hydrogen-bond acceptors (Lipinski definition) is 10. The number of nitrogens with zero attached hydrogens (tertiary/aromatic N) is 3. The second-order valence-electron chi connectivity index (χ2n) is 10.8. The van der Waals surface area contributed by atoms with Crippen LogP contribution in [0.25, 0.3) is 5.57 Å². The lowest BCUT2D eigenvalue weighted by Crippen LogP contribution is -2.39. The molecule has 0 saturated heterocycles. The summed E-state index contributed by atoms with van der Waals surface area (Å²) in [5, 5.41) is 11.6. The Morgan fingerprint density at radius 3 is 2.67 bits per heavy atom. The Morgan fingerprint density at radius 1 is 1.24 bits per heavy atom. The number of thiocarbonyl (C=S) groups is 1. The lowest BCUT2D eigenvalue weighted by Gasteiger charge is -2.24. The number of aromatic nitrogens is 1. The largest absolute Gasteiger partial charge is 0.494 e. The quantitative estimate of drug-likeness (QED) is 0.110. The van der Waals surface area contributed by atoms with Gasteiger partial charge in [-0.05, 0) is 43.0 Å². The van der Waals surface area contributed by atoms with E-state index in [-0.39, 0.29) is 29.0 Å². The number of ether oxygens (including phenoxy) is 1. The van der Waals surface area contributed by atoms with Gasteiger partial charge in [-0.2, -0.15) is 0 Å². The lowest BCUT2D eigenvalue weighted by molar-refractivity contribution is -0.121. The van der Waals surface area contributed by atoms with E-state index in [4.69, 9.17) is 33.4 Å². The fourth-order valence-electron chi connectivity index (χ4n) is 4.73. The zero-order chi connectivity index (χ0) is 32.5. The first kappa shape index (κ1) is 33.0. The monoisotopic (exact) mass is 631 g/mol. The number of carbonyl (C=O) groups is 2. The number of methoxy groups -OCH3 is 1. The van der Waals surface area contributed by atoms with Gasteiger partial charge in [0.05, 0.1) is 37.3 Å². The minimum atomic E-state index is -0.517. The van der Waals surface area contributed by atoms with Crippen LogP contribution >= 0.6 is 12.2 Å². The van der Waals surface area contributed by atoms with Gasteiger partial charge in [0.15, 0.2) is 5.84 Å². The molecule has 2 aliphatic rings. The number of hydrogen-bond donors (Lipinski definition) is 6.